The van der Waals surface area contributed by atoms with Crippen LogP contribution in [-0.4, -0.2) is 28.8 Å². The normalized spacial score (nSPS) is 17.8. The molecular weight excluding hydrogens is 331 g/mol. The van der Waals surface area contributed by atoms with E-state index in [1.165, 1.54) is 43.6 Å². The summed E-state index contributed by atoms with van der Waals surface area (Å²) in [5, 5.41) is 9.95. The third-order valence-electron chi connectivity index (χ3n) is 4.97. The van der Waals surface area contributed by atoms with Crippen molar-refractivity contribution in [2.24, 2.45) is 17.5 Å². The minimum atomic E-state index is -4.46. The number of nitrogens with zero attached hydrogens (tertiary/aromatic N) is 3. The number of halogens is 3. The summed E-state index contributed by atoms with van der Waals surface area (Å²) in [6.07, 6.45) is 2.88. The zero-order valence-corrected chi connectivity index (χ0v) is 15.2. The van der Waals surface area contributed by atoms with Gasteiger partial charge in [-0.3, -0.25) is 4.68 Å². The van der Waals surface area contributed by atoms with Crippen LogP contribution in [0.3, 0.4) is 0 Å². The zero-order valence-electron chi connectivity index (χ0n) is 15.2. The van der Waals surface area contributed by atoms with Crippen LogP contribution < -0.4 is 10.6 Å². The number of rotatable bonds is 6. The van der Waals surface area contributed by atoms with Crippen LogP contribution in [0.15, 0.2) is 11.2 Å². The van der Waals surface area contributed by atoms with E-state index in [-0.39, 0.29) is 17.5 Å². The Balaban J connectivity index is 2.07. The van der Waals surface area contributed by atoms with E-state index >= 15 is 0 Å². The molecule has 0 aliphatic heterocycles. The lowest BCUT2D eigenvalue weighted by molar-refractivity contribution is -0.142. The largest absolute Gasteiger partial charge is 0.435 e. The highest BCUT2D eigenvalue weighted by molar-refractivity contribution is 5.79. The Morgan fingerprint density at radius 1 is 1.28 bits per heavy atom. The fourth-order valence-corrected chi connectivity index (χ4v) is 3.45. The molecular formula is C17H28F3N5. The second-order valence-corrected chi connectivity index (χ2v) is 6.78. The molecule has 1 aromatic heterocycles. The first-order valence-corrected chi connectivity index (χ1v) is 8.91. The number of alkyl halides is 3. The Bertz CT molecular complexity index is 586. The van der Waals surface area contributed by atoms with Crippen LogP contribution in [0.1, 0.15) is 57.2 Å². The molecule has 2 rings (SSSR count). The van der Waals surface area contributed by atoms with Crippen LogP contribution in [0.4, 0.5) is 13.2 Å². The van der Waals surface area contributed by atoms with E-state index in [4.69, 9.17) is 0 Å². The Morgan fingerprint density at radius 3 is 2.52 bits per heavy atom. The van der Waals surface area contributed by atoms with Crippen molar-refractivity contribution in [3.8, 4) is 0 Å². The Labute approximate surface area is 147 Å². The van der Waals surface area contributed by atoms with Gasteiger partial charge in [0.05, 0.1) is 6.54 Å². The number of hydrogen-bond donors (Lipinski definition) is 2. The number of nitrogens with one attached hydrogen (secondary N) is 2. The van der Waals surface area contributed by atoms with Crippen LogP contribution in [0.2, 0.25) is 0 Å². The summed E-state index contributed by atoms with van der Waals surface area (Å²) in [6.45, 7) is 5.53. The lowest BCUT2D eigenvalue weighted by atomic mass is 9.83. The quantitative estimate of drug-likeness (QED) is 0.604. The van der Waals surface area contributed by atoms with Gasteiger partial charge in [0.25, 0.3) is 0 Å². The summed E-state index contributed by atoms with van der Waals surface area (Å²) < 4.78 is 40.3. The molecule has 25 heavy (non-hydrogen) atoms. The second kappa shape index (κ2) is 8.10. The summed E-state index contributed by atoms with van der Waals surface area (Å²) >= 11 is 0. The lowest BCUT2D eigenvalue weighted by Crippen LogP contribution is -2.42. The minimum absolute atomic E-state index is 0.0584. The molecule has 0 spiro atoms. The van der Waals surface area contributed by atoms with Crippen molar-refractivity contribution in [1.82, 2.24) is 20.4 Å². The second-order valence-electron chi connectivity index (χ2n) is 6.78. The van der Waals surface area contributed by atoms with Gasteiger partial charge in [-0.2, -0.15) is 18.3 Å². The van der Waals surface area contributed by atoms with Crippen LogP contribution in [0.25, 0.3) is 0 Å². The third kappa shape index (κ3) is 5.12. The Hall–Kier alpha value is -1.73. The molecule has 0 saturated heterocycles. The van der Waals surface area contributed by atoms with E-state index in [1.807, 2.05) is 6.92 Å². The van der Waals surface area contributed by atoms with Crippen molar-refractivity contribution >= 4 is 5.96 Å². The van der Waals surface area contributed by atoms with E-state index in [2.05, 4.69) is 27.6 Å². The van der Waals surface area contributed by atoms with E-state index in [0.717, 1.165) is 13.0 Å². The van der Waals surface area contributed by atoms with E-state index in [1.54, 1.807) is 0 Å². The Kier molecular flexibility index (Phi) is 6.35. The highest BCUT2D eigenvalue weighted by Crippen LogP contribution is 2.40. The van der Waals surface area contributed by atoms with Crippen LogP contribution in [0, 0.1) is 5.41 Å². The summed E-state index contributed by atoms with van der Waals surface area (Å²) in [7, 11) is 1.48. The topological polar surface area (TPSA) is 54.2 Å². The molecule has 0 aromatic carbocycles. The minimum Gasteiger partial charge on any atom is -0.357 e. The maximum absolute atomic E-state index is 13.0. The molecule has 0 amide bonds. The van der Waals surface area contributed by atoms with E-state index < -0.39 is 11.9 Å². The predicted molar refractivity (Wildman–Crippen MR) is 92.2 cm³/mol. The van der Waals surface area contributed by atoms with Gasteiger partial charge in [-0.25, -0.2) is 4.99 Å². The maximum atomic E-state index is 13.0. The van der Waals surface area contributed by atoms with E-state index in [0.29, 0.717) is 12.5 Å². The summed E-state index contributed by atoms with van der Waals surface area (Å²) in [5.74, 6) is 0.555. The molecule has 0 bridgehead atoms. The summed E-state index contributed by atoms with van der Waals surface area (Å²) in [5.41, 5.74) is -0.504. The van der Waals surface area contributed by atoms with Gasteiger partial charge in [-0.15, -0.1) is 0 Å². The number of aryl methyl sites for hydroxylation is 1. The number of guanidine groups is 1. The van der Waals surface area contributed by atoms with Crippen molar-refractivity contribution in [2.75, 3.05) is 13.1 Å². The first kappa shape index (κ1) is 19.6. The van der Waals surface area contributed by atoms with Crippen molar-refractivity contribution in [3.63, 3.8) is 0 Å². The number of aromatic nitrogens is 2. The highest BCUT2D eigenvalue weighted by Gasteiger charge is 2.37. The number of hydrogen-bond acceptors (Lipinski definition) is 2. The molecule has 0 radical (unpaired) electrons. The third-order valence-corrected chi connectivity index (χ3v) is 4.97. The summed E-state index contributed by atoms with van der Waals surface area (Å²) in [6, 6.07) is 0. The average Bonchev–Trinajstić information content (AvgIpc) is 3.17. The van der Waals surface area contributed by atoms with Gasteiger partial charge in [-0.05, 0) is 31.6 Å². The highest BCUT2D eigenvalue weighted by atomic mass is 19.4. The molecule has 1 heterocycles. The molecule has 1 aromatic rings. The monoisotopic (exact) mass is 359 g/mol. The molecule has 1 aliphatic rings. The van der Waals surface area contributed by atoms with Crippen LogP contribution in [0.5, 0.6) is 0 Å². The fraction of sp³-hybridized carbons (Fsp3) is 0.765. The van der Waals surface area contributed by atoms with Gasteiger partial charge in [-0.1, -0.05) is 19.8 Å². The zero-order chi connectivity index (χ0) is 18.5. The lowest BCUT2D eigenvalue weighted by Gasteiger charge is -2.28. The molecule has 1 fully saturated rings. The van der Waals surface area contributed by atoms with Crippen molar-refractivity contribution in [2.45, 2.75) is 58.7 Å². The fourth-order valence-electron chi connectivity index (χ4n) is 3.45. The van der Waals surface area contributed by atoms with Gasteiger partial charge in [0, 0.05) is 31.9 Å². The van der Waals surface area contributed by atoms with Crippen LogP contribution >= 0.6 is 0 Å². The van der Waals surface area contributed by atoms with Crippen molar-refractivity contribution < 1.29 is 13.2 Å². The van der Waals surface area contributed by atoms with Crippen LogP contribution in [-0.2, 0) is 19.8 Å². The van der Waals surface area contributed by atoms with Gasteiger partial charge in [0.1, 0.15) is 0 Å². The van der Waals surface area contributed by atoms with Gasteiger partial charge >= 0.3 is 6.18 Å². The molecule has 1 saturated carbocycles. The molecule has 1 aliphatic carbocycles. The summed E-state index contributed by atoms with van der Waals surface area (Å²) in [4.78, 5) is 4.34. The first-order valence-electron chi connectivity index (χ1n) is 8.91. The smallest absolute Gasteiger partial charge is 0.357 e. The maximum Gasteiger partial charge on any atom is 0.435 e. The molecule has 2 N–H and O–H groups in total. The van der Waals surface area contributed by atoms with Crippen molar-refractivity contribution in [1.29, 1.82) is 0 Å². The molecule has 8 heteroatoms. The first-order chi connectivity index (χ1) is 11.8. The molecule has 0 unspecified atom stereocenters. The SMILES string of the molecule is CCNC(=NCc1cn(C)nc1C(F)(F)F)NCC1(CC)CCCC1. The number of aliphatic imine (C=N–C) groups is 1. The van der Waals surface area contributed by atoms with Gasteiger partial charge < -0.3 is 10.6 Å². The van der Waals surface area contributed by atoms with Crippen molar-refractivity contribution in [3.05, 3.63) is 17.5 Å². The van der Waals surface area contributed by atoms with Gasteiger partial charge in [0.2, 0.25) is 0 Å². The average molecular weight is 359 g/mol. The molecule has 142 valence electrons. The van der Waals surface area contributed by atoms with E-state index in [9.17, 15) is 13.2 Å². The Morgan fingerprint density at radius 2 is 1.96 bits per heavy atom. The standard InChI is InChI=1S/C17H28F3N5/c1-4-16(8-6-7-9-16)12-23-15(21-5-2)22-10-13-11-25(3)24-14(13)17(18,19)20/h11H,4-10,12H2,1-3H3,(H2,21,22,23). The molecule has 5 nitrogen and oxygen atoms in total. The van der Waals surface area contributed by atoms with Gasteiger partial charge in [0.15, 0.2) is 11.7 Å². The predicted octanol–water partition coefficient (Wildman–Crippen LogP) is 3.46. The molecule has 0 atom stereocenters.